The van der Waals surface area contributed by atoms with Gasteiger partial charge in [0.1, 0.15) is 5.82 Å². The standard InChI is InChI=1S/C8H7ClN4O/c1-13-7-5(2-4(9)3-11-7)6(12-10)8(13)14/h2-3H,10H2,1H3/b12-6-. The molecule has 1 aliphatic rings. The van der Waals surface area contributed by atoms with Crippen LogP contribution in [-0.2, 0) is 4.79 Å². The highest BCUT2D eigenvalue weighted by Crippen LogP contribution is 2.27. The van der Waals surface area contributed by atoms with Crippen molar-refractivity contribution >= 4 is 29.0 Å². The molecule has 1 aromatic heterocycles. The molecule has 5 nitrogen and oxygen atoms in total. The highest BCUT2D eigenvalue weighted by atomic mass is 35.5. The van der Waals surface area contributed by atoms with Gasteiger partial charge in [0, 0.05) is 13.2 Å². The summed E-state index contributed by atoms with van der Waals surface area (Å²) in [7, 11) is 1.61. The lowest BCUT2D eigenvalue weighted by Gasteiger charge is -2.06. The first-order valence-electron chi connectivity index (χ1n) is 3.87. The Morgan fingerprint density at radius 3 is 3.00 bits per heavy atom. The minimum atomic E-state index is -0.266. The second kappa shape index (κ2) is 2.95. The van der Waals surface area contributed by atoms with Gasteiger partial charge >= 0.3 is 0 Å². The third-order valence-electron chi connectivity index (χ3n) is 2.04. The first-order valence-corrected chi connectivity index (χ1v) is 4.25. The number of hydrogen-bond acceptors (Lipinski definition) is 4. The van der Waals surface area contributed by atoms with Crippen molar-refractivity contribution in [2.45, 2.75) is 0 Å². The van der Waals surface area contributed by atoms with Crippen molar-refractivity contribution in [3.8, 4) is 0 Å². The SMILES string of the molecule is CN1C(=O)/C(=N\N)c2cc(Cl)cnc21. The monoisotopic (exact) mass is 210 g/mol. The number of likely N-dealkylation sites (N-methyl/N-ethyl adjacent to an activating group) is 1. The van der Waals surface area contributed by atoms with Gasteiger partial charge in [-0.2, -0.15) is 5.10 Å². The molecule has 0 radical (unpaired) electrons. The molecular formula is C8H7ClN4O. The third kappa shape index (κ3) is 1.06. The molecule has 2 heterocycles. The van der Waals surface area contributed by atoms with Crippen LogP contribution in [0.4, 0.5) is 5.82 Å². The number of aromatic nitrogens is 1. The van der Waals surface area contributed by atoms with E-state index in [1.807, 2.05) is 0 Å². The van der Waals surface area contributed by atoms with Crippen molar-refractivity contribution in [3.05, 3.63) is 22.8 Å². The van der Waals surface area contributed by atoms with Gasteiger partial charge in [0.15, 0.2) is 5.71 Å². The summed E-state index contributed by atoms with van der Waals surface area (Å²) in [6, 6.07) is 1.62. The van der Waals surface area contributed by atoms with Crippen LogP contribution in [0.25, 0.3) is 0 Å². The molecule has 0 aromatic carbocycles. The Labute approximate surface area is 85.2 Å². The molecule has 6 heteroatoms. The Hall–Kier alpha value is -1.62. The van der Waals surface area contributed by atoms with E-state index in [4.69, 9.17) is 17.4 Å². The van der Waals surface area contributed by atoms with E-state index in [2.05, 4.69) is 10.1 Å². The van der Waals surface area contributed by atoms with E-state index in [9.17, 15) is 4.79 Å². The topological polar surface area (TPSA) is 71.6 Å². The number of pyridine rings is 1. The number of halogens is 1. The summed E-state index contributed by atoms with van der Waals surface area (Å²) in [5.74, 6) is 5.39. The predicted molar refractivity (Wildman–Crippen MR) is 53.4 cm³/mol. The van der Waals surface area contributed by atoms with Gasteiger partial charge in [-0.3, -0.25) is 9.69 Å². The van der Waals surface area contributed by atoms with Crippen LogP contribution < -0.4 is 10.7 Å². The quantitative estimate of drug-likeness (QED) is 0.497. The highest BCUT2D eigenvalue weighted by molar-refractivity contribution is 6.54. The van der Waals surface area contributed by atoms with Crippen LogP contribution in [0.15, 0.2) is 17.4 Å². The number of hydrogen-bond donors (Lipinski definition) is 1. The van der Waals surface area contributed by atoms with Crippen molar-refractivity contribution in [2.24, 2.45) is 10.9 Å². The number of hydrazone groups is 1. The van der Waals surface area contributed by atoms with E-state index in [-0.39, 0.29) is 11.6 Å². The van der Waals surface area contributed by atoms with Gasteiger partial charge in [0.05, 0.1) is 10.6 Å². The van der Waals surface area contributed by atoms with Gasteiger partial charge < -0.3 is 5.84 Å². The summed E-state index contributed by atoms with van der Waals surface area (Å²) in [6.45, 7) is 0. The molecule has 0 aliphatic carbocycles. The second-order valence-electron chi connectivity index (χ2n) is 2.87. The number of carbonyl (C=O) groups excluding carboxylic acids is 1. The molecule has 2 N–H and O–H groups in total. The van der Waals surface area contributed by atoms with Crippen molar-refractivity contribution in [3.63, 3.8) is 0 Å². The molecule has 0 spiro atoms. The van der Waals surface area contributed by atoms with Crippen molar-refractivity contribution in [2.75, 3.05) is 11.9 Å². The Balaban J connectivity index is 2.68. The molecule has 0 atom stereocenters. The average Bonchev–Trinajstić information content (AvgIpc) is 2.39. The number of carbonyl (C=O) groups is 1. The lowest BCUT2D eigenvalue weighted by atomic mass is 10.2. The van der Waals surface area contributed by atoms with Crippen LogP contribution in [0.3, 0.4) is 0 Å². The molecule has 0 unspecified atom stereocenters. The lowest BCUT2D eigenvalue weighted by Crippen LogP contribution is -2.26. The van der Waals surface area contributed by atoms with Crippen LogP contribution in [0, 0.1) is 0 Å². The summed E-state index contributed by atoms with van der Waals surface area (Å²) < 4.78 is 0. The molecule has 0 saturated carbocycles. The zero-order chi connectivity index (χ0) is 10.3. The number of rotatable bonds is 0. The minimum absolute atomic E-state index is 0.192. The molecule has 1 aromatic rings. The summed E-state index contributed by atoms with van der Waals surface area (Å²) >= 11 is 5.75. The molecule has 14 heavy (non-hydrogen) atoms. The summed E-state index contributed by atoms with van der Waals surface area (Å²) in [5, 5.41) is 3.88. The van der Waals surface area contributed by atoms with E-state index in [0.717, 1.165) is 0 Å². The van der Waals surface area contributed by atoms with Crippen LogP contribution >= 0.6 is 11.6 Å². The molecule has 0 fully saturated rings. The Kier molecular flexibility index (Phi) is 1.89. The van der Waals surface area contributed by atoms with E-state index in [1.54, 1.807) is 13.1 Å². The summed E-state index contributed by atoms with van der Waals surface area (Å²) in [4.78, 5) is 16.9. The normalized spacial score (nSPS) is 17.7. The van der Waals surface area contributed by atoms with Crippen molar-refractivity contribution < 1.29 is 4.79 Å². The van der Waals surface area contributed by atoms with E-state index < -0.39 is 0 Å². The number of amides is 1. The van der Waals surface area contributed by atoms with Crippen LogP contribution in [0.1, 0.15) is 5.56 Å². The molecule has 0 saturated heterocycles. The minimum Gasteiger partial charge on any atom is -0.322 e. The van der Waals surface area contributed by atoms with Gasteiger partial charge in [-0.15, -0.1) is 0 Å². The third-order valence-corrected chi connectivity index (χ3v) is 2.25. The van der Waals surface area contributed by atoms with Gasteiger partial charge in [0.25, 0.3) is 5.91 Å². The van der Waals surface area contributed by atoms with E-state index in [0.29, 0.717) is 16.4 Å². The highest BCUT2D eigenvalue weighted by Gasteiger charge is 2.32. The van der Waals surface area contributed by atoms with Crippen molar-refractivity contribution in [1.29, 1.82) is 0 Å². The predicted octanol–water partition coefficient (Wildman–Crippen LogP) is 0.374. The maximum absolute atomic E-state index is 11.5. The molecule has 0 bridgehead atoms. The average molecular weight is 211 g/mol. The van der Waals surface area contributed by atoms with Crippen LogP contribution in [0.5, 0.6) is 0 Å². The molecular weight excluding hydrogens is 204 g/mol. The summed E-state index contributed by atoms with van der Waals surface area (Å²) in [6.07, 6.45) is 1.48. The Morgan fingerprint density at radius 2 is 2.36 bits per heavy atom. The fourth-order valence-electron chi connectivity index (χ4n) is 1.37. The number of fused-ring (bicyclic) bond motifs is 1. The smallest absolute Gasteiger partial charge is 0.280 e. The molecule has 1 amide bonds. The second-order valence-corrected chi connectivity index (χ2v) is 3.30. The first kappa shape index (κ1) is 8.96. The summed E-state index contributed by atoms with van der Waals surface area (Å²) in [5.41, 5.74) is 0.769. The Bertz CT molecular complexity index is 443. The zero-order valence-corrected chi connectivity index (χ0v) is 8.12. The number of nitrogens with two attached hydrogens (primary N) is 1. The van der Waals surface area contributed by atoms with Gasteiger partial charge in [0.2, 0.25) is 0 Å². The molecule has 1 aliphatic heterocycles. The maximum atomic E-state index is 11.5. The number of nitrogens with zero attached hydrogens (tertiary/aromatic N) is 3. The largest absolute Gasteiger partial charge is 0.322 e. The van der Waals surface area contributed by atoms with E-state index >= 15 is 0 Å². The number of anilines is 1. The van der Waals surface area contributed by atoms with Crippen molar-refractivity contribution in [1.82, 2.24) is 4.98 Å². The maximum Gasteiger partial charge on any atom is 0.280 e. The van der Waals surface area contributed by atoms with Gasteiger partial charge in [-0.25, -0.2) is 4.98 Å². The zero-order valence-electron chi connectivity index (χ0n) is 7.36. The molecule has 2 rings (SSSR count). The van der Waals surface area contributed by atoms with Crippen LogP contribution in [0.2, 0.25) is 5.02 Å². The fraction of sp³-hybridized carbons (Fsp3) is 0.125. The van der Waals surface area contributed by atoms with Crippen LogP contribution in [-0.4, -0.2) is 23.7 Å². The lowest BCUT2D eigenvalue weighted by molar-refractivity contribution is -0.112. The van der Waals surface area contributed by atoms with Gasteiger partial charge in [-0.1, -0.05) is 11.6 Å². The van der Waals surface area contributed by atoms with Gasteiger partial charge in [-0.05, 0) is 6.07 Å². The molecule has 72 valence electrons. The van der Waals surface area contributed by atoms with E-state index in [1.165, 1.54) is 11.1 Å². The Morgan fingerprint density at radius 1 is 1.64 bits per heavy atom. The fourth-order valence-corrected chi connectivity index (χ4v) is 1.53. The first-order chi connectivity index (χ1) is 6.65.